The summed E-state index contributed by atoms with van der Waals surface area (Å²) in [6.45, 7) is 2.12. The molecule has 22 aromatic rings. The molecule has 7 nitrogen and oxygen atoms in total. The molecule has 0 saturated heterocycles. The van der Waals surface area contributed by atoms with Crippen LogP contribution >= 0.6 is 0 Å². The lowest BCUT2D eigenvalue weighted by molar-refractivity contribution is 0.668. The van der Waals surface area contributed by atoms with Gasteiger partial charge in [0.05, 0.1) is 11.4 Å². The number of fused-ring (bicyclic) bond motifs is 9. The van der Waals surface area contributed by atoms with E-state index in [0.29, 0.717) is 0 Å². The van der Waals surface area contributed by atoms with Gasteiger partial charge in [0.15, 0.2) is 11.2 Å². The van der Waals surface area contributed by atoms with Crippen LogP contribution in [0.4, 0.5) is 62.6 Å². The summed E-state index contributed by atoms with van der Waals surface area (Å²) in [5.74, 6) is 0. The molecule has 0 N–H and O–H groups in total. The molecule has 7 heteroatoms. The zero-order valence-electron chi connectivity index (χ0n) is 71.2. The van der Waals surface area contributed by atoms with Gasteiger partial charge in [-0.3, -0.25) is 0 Å². The van der Waals surface area contributed by atoms with E-state index < -0.39 is 0 Å². The van der Waals surface area contributed by atoms with Gasteiger partial charge in [0.1, 0.15) is 11.2 Å². The maximum absolute atomic E-state index is 6.20. The van der Waals surface area contributed by atoms with Crippen molar-refractivity contribution in [3.63, 3.8) is 0 Å². The number of para-hydroxylation sites is 7. The zero-order chi connectivity index (χ0) is 85.5. The molecule has 20 aromatic carbocycles. The molecule has 0 unspecified atom stereocenters. The van der Waals surface area contributed by atoms with Crippen LogP contribution in [0.15, 0.2) is 494 Å². The van der Waals surface area contributed by atoms with Crippen LogP contribution in [0.1, 0.15) is 5.56 Å². The molecule has 0 aliphatic carbocycles. The highest BCUT2D eigenvalue weighted by Gasteiger charge is 2.19. The number of rotatable bonds is 15. The fraction of sp³-hybridized carbons (Fsp3) is 0.0420. The smallest absolute Gasteiger partial charge is 0.159 e. The first-order chi connectivity index (χ1) is 62.1. The average molecular weight is 1630 g/mol. The Bertz CT molecular complexity index is 7270. The summed E-state index contributed by atoms with van der Waals surface area (Å²) < 4.78 is 12.4. The first kappa shape index (κ1) is 80.8. The maximum Gasteiger partial charge on any atom is 0.159 e. The second-order valence-corrected chi connectivity index (χ2v) is 31.5. The molecule has 0 bridgehead atoms. The number of hydrogen-bond donors (Lipinski definition) is 0. The first-order valence-electron chi connectivity index (χ1n) is 42.8. The number of benzene rings is 20. The Hall–Kier alpha value is -16.2. The molecule has 0 aliphatic heterocycles. The van der Waals surface area contributed by atoms with Crippen molar-refractivity contribution in [3.8, 4) is 44.5 Å². The van der Waals surface area contributed by atoms with Gasteiger partial charge in [-0.05, 0) is 212 Å². The van der Waals surface area contributed by atoms with Crippen molar-refractivity contribution >= 4 is 139 Å². The van der Waals surface area contributed by atoms with Crippen molar-refractivity contribution in [2.24, 2.45) is 0 Å². The lowest BCUT2D eigenvalue weighted by atomic mass is 10.0. The molecule has 0 radical (unpaired) electrons. The number of anilines is 11. The zero-order valence-corrected chi connectivity index (χ0v) is 71.2. The summed E-state index contributed by atoms with van der Waals surface area (Å²) in [4.78, 5) is 11.1. The minimum absolute atomic E-state index is 0.927. The van der Waals surface area contributed by atoms with Gasteiger partial charge in [-0.15, -0.1) is 0 Å². The summed E-state index contributed by atoms with van der Waals surface area (Å²) in [6.07, 6.45) is 0. The Kier molecular flexibility index (Phi) is 24.3. The lowest BCUT2D eigenvalue weighted by Crippen LogP contribution is -2.10. The van der Waals surface area contributed by atoms with Crippen molar-refractivity contribution in [1.29, 1.82) is 0 Å². The minimum atomic E-state index is 0.927. The van der Waals surface area contributed by atoms with E-state index in [-0.39, 0.29) is 0 Å². The molecule has 0 atom stereocenters. The molecule has 0 amide bonds. The highest BCUT2D eigenvalue weighted by molar-refractivity contribution is 6.11. The molecular weight excluding hydrogens is 1530 g/mol. The lowest BCUT2D eigenvalue weighted by Gasteiger charge is -2.25. The second-order valence-electron chi connectivity index (χ2n) is 31.5. The second kappa shape index (κ2) is 37.8. The van der Waals surface area contributed by atoms with Crippen LogP contribution in [0.25, 0.3) is 121 Å². The Labute approximate surface area is 737 Å². The van der Waals surface area contributed by atoms with Crippen molar-refractivity contribution in [3.05, 3.63) is 491 Å². The van der Waals surface area contributed by atoms with Crippen LogP contribution in [-0.4, -0.2) is 28.2 Å². The Balaban J connectivity index is 0.000000107. The highest BCUT2D eigenvalue weighted by Crippen LogP contribution is 2.43. The van der Waals surface area contributed by atoms with Crippen molar-refractivity contribution in [1.82, 2.24) is 0 Å². The van der Waals surface area contributed by atoms with E-state index in [1.165, 1.54) is 111 Å². The maximum atomic E-state index is 6.20. The topological polar surface area (TPSA) is 42.5 Å². The van der Waals surface area contributed by atoms with E-state index in [2.05, 4.69) is 502 Å². The quantitative estimate of drug-likeness (QED) is 0.101. The van der Waals surface area contributed by atoms with Crippen LogP contribution in [0, 0.1) is 6.92 Å². The molecule has 608 valence electrons. The van der Waals surface area contributed by atoms with Gasteiger partial charge in [0.2, 0.25) is 0 Å². The molecule has 0 saturated carbocycles. The van der Waals surface area contributed by atoms with Crippen molar-refractivity contribution < 1.29 is 8.83 Å². The van der Waals surface area contributed by atoms with Gasteiger partial charge in [-0.2, -0.15) is 0 Å². The normalized spacial score (nSPS) is 10.9. The Morgan fingerprint density at radius 3 is 0.984 bits per heavy atom. The van der Waals surface area contributed by atoms with Crippen LogP contribution in [-0.2, 0) is 0 Å². The molecule has 0 fully saturated rings. The van der Waals surface area contributed by atoms with E-state index >= 15 is 0 Å². The van der Waals surface area contributed by atoms with E-state index in [4.69, 9.17) is 8.83 Å². The predicted octanol–water partition coefficient (Wildman–Crippen LogP) is 33.2. The first-order valence-corrected chi connectivity index (χ1v) is 42.8. The largest absolute Gasteiger partial charge is 0.454 e. The molecular formula is C119H95N5O2. The fourth-order valence-electron chi connectivity index (χ4n) is 16.5. The van der Waals surface area contributed by atoms with E-state index in [0.717, 1.165) is 78.0 Å². The number of nitrogens with zero attached hydrogens (tertiary/aromatic N) is 5. The van der Waals surface area contributed by atoms with Crippen LogP contribution in [0.3, 0.4) is 0 Å². The summed E-state index contributed by atoms with van der Waals surface area (Å²) >= 11 is 0. The molecule has 0 spiro atoms. The third-order valence-corrected chi connectivity index (χ3v) is 23.4. The van der Waals surface area contributed by atoms with Crippen LogP contribution in [0.5, 0.6) is 0 Å². The molecule has 0 aliphatic rings. The predicted molar refractivity (Wildman–Crippen MR) is 538 cm³/mol. The Morgan fingerprint density at radius 2 is 0.460 bits per heavy atom. The number of furan rings is 2. The van der Waals surface area contributed by atoms with Crippen LogP contribution in [0.2, 0.25) is 0 Å². The fourth-order valence-corrected chi connectivity index (χ4v) is 16.5. The number of hydrogen-bond acceptors (Lipinski definition) is 7. The van der Waals surface area contributed by atoms with E-state index in [1.807, 2.05) is 42.5 Å². The summed E-state index contributed by atoms with van der Waals surface area (Å²) in [6, 6.07) is 170. The third kappa shape index (κ3) is 18.1. The van der Waals surface area contributed by atoms with Gasteiger partial charge in [0.25, 0.3) is 0 Å². The summed E-state index contributed by atoms with van der Waals surface area (Å²) in [7, 11) is 8.41. The average Bonchev–Trinajstić information content (AvgIpc) is 1.64. The summed E-state index contributed by atoms with van der Waals surface area (Å²) in [5.41, 5.74) is 27.6. The SMILES string of the molecule is CN(c1ccc2ccccc2c1)c1cccc2c1oc1ccccc12.CN(c1cccc(-c2ccccc2)c1)c1cccc(-c2ccccc2)c1.CN(c1cccc2ccccc12)c1cccc2c1oc1ccccc12.CN(c1ccccc1)c1ccc(-c2ccc3ccccc3c2)cc1.Cc1ccc(-c2ccc(N(c3ccccc3)c3ccccc3)cc2)cc1. The standard InChI is InChI=1S/2C25H21N.2C23H17NO.C23H19N/c1-26(24-16-8-14-22(18-24)20-10-4-2-5-11-20)25-17-9-15-23(19-25)21-12-6-3-7-13-21;1-20-12-14-21(15-13-20)22-16-18-25(19-17-22)26(23-8-4-2-5-9-23)24-10-6-3-7-11-24;1-24(20-13-6-9-16-8-2-3-10-17(16)20)21-14-7-12-19-18-11-4-5-15-22(18)25-23(19)21;1-24(18-14-13-16-7-2-3-8-17(16)15-18)21-11-6-10-20-19-9-4-5-12-22(19)25-23(20)21;1-24(22-9-3-2-4-10-22)23-15-13-19(14-16-23)21-12-11-18-7-5-6-8-20(18)17-21/h2*2-19H,1H3;2*2-15H,1H3;2-17H,1H3. The van der Waals surface area contributed by atoms with Gasteiger partial charge in [0, 0.05) is 106 Å². The molecule has 126 heavy (non-hydrogen) atoms. The van der Waals surface area contributed by atoms with Gasteiger partial charge < -0.3 is 33.3 Å². The minimum Gasteiger partial charge on any atom is -0.454 e. The third-order valence-electron chi connectivity index (χ3n) is 23.4. The van der Waals surface area contributed by atoms with E-state index in [1.54, 1.807) is 0 Å². The van der Waals surface area contributed by atoms with Gasteiger partial charge in [-0.1, -0.05) is 357 Å². The molecule has 2 aromatic heterocycles. The Morgan fingerprint density at radius 1 is 0.167 bits per heavy atom. The summed E-state index contributed by atoms with van der Waals surface area (Å²) in [5, 5.41) is 12.1. The highest BCUT2D eigenvalue weighted by atomic mass is 16.3. The monoisotopic (exact) mass is 1630 g/mol. The van der Waals surface area contributed by atoms with E-state index in [9.17, 15) is 0 Å². The van der Waals surface area contributed by atoms with Gasteiger partial charge in [-0.25, -0.2) is 0 Å². The van der Waals surface area contributed by atoms with Crippen LogP contribution < -0.4 is 24.5 Å². The van der Waals surface area contributed by atoms with Crippen molar-refractivity contribution in [2.75, 3.05) is 52.7 Å². The van der Waals surface area contributed by atoms with Crippen molar-refractivity contribution in [2.45, 2.75) is 6.92 Å². The number of aryl methyl sites for hydroxylation is 1. The molecule has 2 heterocycles. The molecule has 22 rings (SSSR count). The van der Waals surface area contributed by atoms with Gasteiger partial charge >= 0.3 is 0 Å².